The molecule has 0 saturated carbocycles. The monoisotopic (exact) mass is 361 g/mol. The van der Waals surface area contributed by atoms with Gasteiger partial charge < -0.3 is 5.32 Å². The molecule has 0 saturated heterocycles. The molecule has 1 N–H and O–H groups in total. The summed E-state index contributed by atoms with van der Waals surface area (Å²) in [6, 6.07) is 0. The first-order valence-electron chi connectivity index (χ1n) is 5.84. The molecule has 1 aromatic heterocycles. The number of aromatic nitrogens is 2. The van der Waals surface area contributed by atoms with Crippen molar-refractivity contribution in [2.45, 2.75) is 39.8 Å². The van der Waals surface area contributed by atoms with Crippen LogP contribution in [0.15, 0.2) is 23.3 Å². The van der Waals surface area contributed by atoms with Crippen molar-refractivity contribution in [2.24, 2.45) is 0 Å². The predicted molar refractivity (Wildman–Crippen MR) is 82.8 cm³/mol. The molecule has 0 aliphatic heterocycles. The van der Waals surface area contributed by atoms with E-state index in [4.69, 9.17) is 0 Å². The van der Waals surface area contributed by atoms with Crippen molar-refractivity contribution in [3.05, 3.63) is 38.1 Å². The quantitative estimate of drug-likeness (QED) is 0.660. The maximum atomic E-state index is 12.0. The molecule has 0 bridgehead atoms. The lowest BCUT2D eigenvalue weighted by Crippen LogP contribution is -2.38. The lowest BCUT2D eigenvalue weighted by atomic mass is 10.1. The lowest BCUT2D eigenvalue weighted by Gasteiger charge is -2.21. The second-order valence-corrected chi connectivity index (χ2v) is 6.51. The van der Waals surface area contributed by atoms with E-state index in [0.717, 1.165) is 11.3 Å². The van der Waals surface area contributed by atoms with Crippen LogP contribution in [0.3, 0.4) is 0 Å². The van der Waals surface area contributed by atoms with E-state index in [1.54, 1.807) is 10.9 Å². The third kappa shape index (κ3) is 4.53. The Morgan fingerprint density at radius 3 is 2.72 bits per heavy atom. The first kappa shape index (κ1) is 15.4. The molecule has 0 aromatic carbocycles. The van der Waals surface area contributed by atoms with Crippen molar-refractivity contribution in [2.75, 3.05) is 6.54 Å². The molecule has 0 unspecified atom stereocenters. The highest BCUT2D eigenvalue weighted by atomic mass is 127. The van der Waals surface area contributed by atoms with E-state index in [1.165, 1.54) is 0 Å². The van der Waals surface area contributed by atoms with Gasteiger partial charge in [-0.15, -0.1) is 0 Å². The summed E-state index contributed by atoms with van der Waals surface area (Å²) in [5.74, 6) is 0. The largest absolute Gasteiger partial charge is 0.308 e. The lowest BCUT2D eigenvalue weighted by molar-refractivity contribution is 0.439. The van der Waals surface area contributed by atoms with Gasteiger partial charge in [-0.1, -0.05) is 6.58 Å². The standard InChI is InChI=1S/C13H20IN3O/c1-9(6-16-13(3,4)5)7-17-8-15-10(2)11(14)12(17)18/h8,16H,1,6-7H2,2-5H3. The highest BCUT2D eigenvalue weighted by Gasteiger charge is 2.10. The molecule has 0 radical (unpaired) electrons. The van der Waals surface area contributed by atoms with Gasteiger partial charge in [0, 0.05) is 18.6 Å². The van der Waals surface area contributed by atoms with Gasteiger partial charge in [-0.2, -0.15) is 0 Å². The van der Waals surface area contributed by atoms with Crippen LogP contribution in [0.25, 0.3) is 0 Å². The van der Waals surface area contributed by atoms with Gasteiger partial charge in [0.2, 0.25) is 0 Å². The molecular formula is C13H20IN3O. The smallest absolute Gasteiger partial charge is 0.267 e. The van der Waals surface area contributed by atoms with Crippen molar-refractivity contribution in [1.29, 1.82) is 0 Å². The van der Waals surface area contributed by atoms with E-state index in [0.29, 0.717) is 16.7 Å². The number of nitrogens with zero attached hydrogens (tertiary/aromatic N) is 2. The van der Waals surface area contributed by atoms with Gasteiger partial charge in [0.25, 0.3) is 5.56 Å². The van der Waals surface area contributed by atoms with E-state index in [9.17, 15) is 4.79 Å². The van der Waals surface area contributed by atoms with Gasteiger partial charge in [-0.05, 0) is 55.9 Å². The Morgan fingerprint density at radius 2 is 2.17 bits per heavy atom. The van der Waals surface area contributed by atoms with Crippen LogP contribution in [0.5, 0.6) is 0 Å². The fourth-order valence-electron chi connectivity index (χ4n) is 1.35. The van der Waals surface area contributed by atoms with Gasteiger partial charge in [-0.25, -0.2) is 4.98 Å². The minimum absolute atomic E-state index is 0.00000803. The molecule has 1 aromatic rings. The van der Waals surface area contributed by atoms with Crippen molar-refractivity contribution in [3.63, 3.8) is 0 Å². The highest BCUT2D eigenvalue weighted by Crippen LogP contribution is 2.04. The van der Waals surface area contributed by atoms with Crippen LogP contribution in [0.1, 0.15) is 26.5 Å². The molecular weight excluding hydrogens is 341 g/mol. The molecule has 5 heteroatoms. The third-order valence-corrected chi connectivity index (χ3v) is 3.66. The minimum atomic E-state index is 0.00000803. The topological polar surface area (TPSA) is 46.9 Å². The van der Waals surface area contributed by atoms with Crippen LogP contribution >= 0.6 is 22.6 Å². The normalized spacial score (nSPS) is 11.6. The second kappa shape index (κ2) is 5.97. The predicted octanol–water partition coefficient (Wildman–Crippen LogP) is 2.10. The molecule has 0 spiro atoms. The highest BCUT2D eigenvalue weighted by molar-refractivity contribution is 14.1. The SMILES string of the molecule is C=C(CNC(C)(C)C)Cn1cnc(C)c(I)c1=O. The Balaban J connectivity index is 2.72. The van der Waals surface area contributed by atoms with E-state index >= 15 is 0 Å². The molecule has 1 heterocycles. The summed E-state index contributed by atoms with van der Waals surface area (Å²) in [4.78, 5) is 16.2. The van der Waals surface area contributed by atoms with Crippen molar-refractivity contribution < 1.29 is 0 Å². The van der Waals surface area contributed by atoms with E-state index < -0.39 is 0 Å². The maximum Gasteiger partial charge on any atom is 0.267 e. The van der Waals surface area contributed by atoms with Crippen molar-refractivity contribution in [1.82, 2.24) is 14.9 Å². The van der Waals surface area contributed by atoms with Crippen LogP contribution in [0.4, 0.5) is 0 Å². The average molecular weight is 361 g/mol. The summed E-state index contributed by atoms with van der Waals surface area (Å²) >= 11 is 2.03. The maximum absolute atomic E-state index is 12.0. The number of hydrogen-bond acceptors (Lipinski definition) is 3. The molecule has 18 heavy (non-hydrogen) atoms. The Morgan fingerprint density at radius 1 is 1.56 bits per heavy atom. The van der Waals surface area contributed by atoms with Crippen LogP contribution in [0.2, 0.25) is 0 Å². The Labute approximate surface area is 122 Å². The number of rotatable bonds is 4. The minimum Gasteiger partial charge on any atom is -0.308 e. The van der Waals surface area contributed by atoms with Gasteiger partial charge in [-0.3, -0.25) is 9.36 Å². The summed E-state index contributed by atoms with van der Waals surface area (Å²) in [5.41, 5.74) is 1.79. The first-order valence-corrected chi connectivity index (χ1v) is 6.92. The van der Waals surface area contributed by atoms with Crippen molar-refractivity contribution in [3.8, 4) is 0 Å². The van der Waals surface area contributed by atoms with Crippen LogP contribution < -0.4 is 10.9 Å². The zero-order chi connectivity index (χ0) is 13.9. The third-order valence-electron chi connectivity index (χ3n) is 2.42. The summed E-state index contributed by atoms with van der Waals surface area (Å²) < 4.78 is 2.27. The zero-order valence-corrected chi connectivity index (χ0v) is 13.5. The molecule has 4 nitrogen and oxygen atoms in total. The molecule has 1 rings (SSSR count). The molecule has 0 fully saturated rings. The van der Waals surface area contributed by atoms with Gasteiger partial charge in [0.1, 0.15) is 0 Å². The zero-order valence-electron chi connectivity index (χ0n) is 11.4. The summed E-state index contributed by atoms with van der Waals surface area (Å²) in [6.45, 7) is 13.3. The van der Waals surface area contributed by atoms with Gasteiger partial charge in [0.15, 0.2) is 0 Å². The first-order chi connectivity index (χ1) is 8.20. The molecule has 0 amide bonds. The van der Waals surface area contributed by atoms with Crippen LogP contribution in [-0.2, 0) is 6.54 Å². The molecule has 0 atom stereocenters. The van der Waals surface area contributed by atoms with Gasteiger partial charge in [0.05, 0.1) is 15.6 Å². The average Bonchev–Trinajstić information content (AvgIpc) is 2.26. The van der Waals surface area contributed by atoms with Gasteiger partial charge >= 0.3 is 0 Å². The van der Waals surface area contributed by atoms with E-state index in [1.807, 2.05) is 29.5 Å². The summed E-state index contributed by atoms with van der Waals surface area (Å²) in [5, 5.41) is 3.35. The molecule has 0 aliphatic rings. The molecule has 100 valence electrons. The summed E-state index contributed by atoms with van der Waals surface area (Å²) in [7, 11) is 0. The Bertz CT molecular complexity index is 500. The van der Waals surface area contributed by atoms with Crippen LogP contribution in [-0.4, -0.2) is 21.6 Å². The Kier molecular flexibility index (Phi) is 5.10. The molecule has 0 aliphatic carbocycles. The number of hydrogen-bond donors (Lipinski definition) is 1. The number of halogens is 1. The van der Waals surface area contributed by atoms with Crippen LogP contribution in [0, 0.1) is 10.5 Å². The summed E-state index contributed by atoms with van der Waals surface area (Å²) in [6.07, 6.45) is 1.59. The van der Waals surface area contributed by atoms with E-state index in [-0.39, 0.29) is 11.1 Å². The van der Waals surface area contributed by atoms with E-state index in [2.05, 4.69) is 37.7 Å². The number of nitrogens with one attached hydrogen (secondary N) is 1. The fraction of sp³-hybridized carbons (Fsp3) is 0.538. The number of aryl methyl sites for hydroxylation is 1. The van der Waals surface area contributed by atoms with Crippen molar-refractivity contribution >= 4 is 22.6 Å². The second-order valence-electron chi connectivity index (χ2n) is 5.43. The Hall–Kier alpha value is -0.690. The fourth-order valence-corrected chi connectivity index (χ4v) is 1.79.